The van der Waals surface area contributed by atoms with Crippen LogP contribution in [0.5, 0.6) is 0 Å². The molecule has 0 spiro atoms. The molecule has 1 fully saturated rings. The smallest absolute Gasteiger partial charge is 0.165 e. The van der Waals surface area contributed by atoms with E-state index in [2.05, 4.69) is 91.2 Å². The highest BCUT2D eigenvalue weighted by molar-refractivity contribution is 5.81. The number of nitrogens with zero attached hydrogens (tertiary/aromatic N) is 5. The highest BCUT2D eigenvalue weighted by Gasteiger charge is 2.22. The number of hydrogen-bond acceptors (Lipinski definition) is 4. The fourth-order valence-electron chi connectivity index (χ4n) is 4.49. The van der Waals surface area contributed by atoms with Crippen LogP contribution in [0, 0.1) is 20.8 Å². The van der Waals surface area contributed by atoms with E-state index in [1.54, 1.807) is 0 Å². The van der Waals surface area contributed by atoms with Crippen LogP contribution in [0.25, 0.3) is 16.8 Å². The second kappa shape index (κ2) is 8.16. The molecule has 5 nitrogen and oxygen atoms in total. The lowest BCUT2D eigenvalue weighted by Crippen LogP contribution is -2.46. The molecule has 5 rings (SSSR count). The zero-order valence-corrected chi connectivity index (χ0v) is 18.5. The molecule has 0 radical (unpaired) electrons. The maximum absolute atomic E-state index is 4.91. The van der Waals surface area contributed by atoms with E-state index in [0.29, 0.717) is 0 Å². The van der Waals surface area contributed by atoms with Crippen molar-refractivity contribution in [1.29, 1.82) is 0 Å². The van der Waals surface area contributed by atoms with Crippen LogP contribution in [-0.4, -0.2) is 45.7 Å². The van der Waals surface area contributed by atoms with Crippen molar-refractivity contribution in [3.8, 4) is 11.1 Å². The normalized spacial score (nSPS) is 15.0. The number of piperazine rings is 1. The second-order valence-corrected chi connectivity index (χ2v) is 8.57. The van der Waals surface area contributed by atoms with E-state index in [9.17, 15) is 0 Å². The van der Waals surface area contributed by atoms with Gasteiger partial charge in [0, 0.05) is 50.0 Å². The molecular weight excluding hydrogens is 382 g/mol. The van der Waals surface area contributed by atoms with Gasteiger partial charge in [0.1, 0.15) is 5.82 Å². The summed E-state index contributed by atoms with van der Waals surface area (Å²) in [5.74, 6) is 1.14. The summed E-state index contributed by atoms with van der Waals surface area (Å²) in [6, 6.07) is 21.6. The van der Waals surface area contributed by atoms with E-state index in [1.807, 2.05) is 4.52 Å². The Morgan fingerprint density at radius 3 is 2.26 bits per heavy atom. The number of rotatable bonds is 4. The Morgan fingerprint density at radius 2 is 1.55 bits per heavy atom. The van der Waals surface area contributed by atoms with Gasteiger partial charge in [0.2, 0.25) is 0 Å². The largest absolute Gasteiger partial charge is 0.354 e. The van der Waals surface area contributed by atoms with Crippen molar-refractivity contribution < 1.29 is 0 Å². The van der Waals surface area contributed by atoms with Crippen LogP contribution in [0.2, 0.25) is 0 Å². The summed E-state index contributed by atoms with van der Waals surface area (Å²) in [4.78, 5) is 9.87. The van der Waals surface area contributed by atoms with Crippen molar-refractivity contribution in [1.82, 2.24) is 19.5 Å². The summed E-state index contributed by atoms with van der Waals surface area (Å²) in [6.07, 6.45) is 0. The molecule has 0 amide bonds. The predicted molar refractivity (Wildman–Crippen MR) is 127 cm³/mol. The van der Waals surface area contributed by atoms with Crippen molar-refractivity contribution >= 4 is 11.5 Å². The Balaban J connectivity index is 1.43. The second-order valence-electron chi connectivity index (χ2n) is 8.57. The van der Waals surface area contributed by atoms with Crippen molar-refractivity contribution in [2.45, 2.75) is 27.3 Å². The molecule has 0 N–H and O–H groups in total. The third-order valence-electron chi connectivity index (χ3n) is 6.16. The minimum Gasteiger partial charge on any atom is -0.354 e. The highest BCUT2D eigenvalue weighted by atomic mass is 15.4. The summed E-state index contributed by atoms with van der Waals surface area (Å²) < 4.78 is 2.05. The molecule has 2 aromatic carbocycles. The number of hydrogen-bond donors (Lipinski definition) is 0. The van der Waals surface area contributed by atoms with Crippen LogP contribution in [0.3, 0.4) is 0 Å². The monoisotopic (exact) mass is 411 g/mol. The van der Waals surface area contributed by atoms with Gasteiger partial charge in [-0.3, -0.25) is 4.90 Å². The van der Waals surface area contributed by atoms with Crippen LogP contribution in [0.1, 0.15) is 22.5 Å². The first-order valence-electron chi connectivity index (χ1n) is 11.0. The fourth-order valence-corrected chi connectivity index (χ4v) is 4.49. The molecule has 1 saturated heterocycles. The number of aromatic nitrogens is 3. The average Bonchev–Trinajstić information content (AvgIpc) is 3.11. The Labute approximate surface area is 184 Å². The summed E-state index contributed by atoms with van der Waals surface area (Å²) in [5, 5.41) is 4.91. The SMILES string of the molecule is Cc1ccc(-c2c(C)nn3c(N4CCN(Cc5ccccc5)CC4)cc(C)nc23)cc1. The molecule has 0 unspecified atom stereocenters. The van der Waals surface area contributed by atoms with Crippen molar-refractivity contribution in [2.75, 3.05) is 31.1 Å². The number of anilines is 1. The Bertz CT molecular complexity index is 1190. The van der Waals surface area contributed by atoms with Crippen LogP contribution < -0.4 is 4.90 Å². The van der Waals surface area contributed by atoms with Gasteiger partial charge in [0.25, 0.3) is 0 Å². The lowest BCUT2D eigenvalue weighted by atomic mass is 10.0. The number of benzene rings is 2. The Kier molecular flexibility index (Phi) is 5.20. The summed E-state index contributed by atoms with van der Waals surface area (Å²) in [7, 11) is 0. The maximum Gasteiger partial charge on any atom is 0.165 e. The molecule has 0 bridgehead atoms. The van der Waals surface area contributed by atoms with E-state index in [0.717, 1.165) is 61.1 Å². The van der Waals surface area contributed by atoms with Gasteiger partial charge in [0.15, 0.2) is 5.65 Å². The van der Waals surface area contributed by atoms with Crippen LogP contribution in [-0.2, 0) is 6.54 Å². The molecule has 5 heteroatoms. The third-order valence-corrected chi connectivity index (χ3v) is 6.16. The zero-order valence-electron chi connectivity index (χ0n) is 18.5. The van der Waals surface area contributed by atoms with Crippen molar-refractivity contribution in [3.05, 3.63) is 83.2 Å². The lowest BCUT2D eigenvalue weighted by Gasteiger charge is -2.36. The van der Waals surface area contributed by atoms with Gasteiger partial charge < -0.3 is 4.90 Å². The highest BCUT2D eigenvalue weighted by Crippen LogP contribution is 2.30. The molecule has 4 aromatic rings. The summed E-state index contributed by atoms with van der Waals surface area (Å²) in [6.45, 7) is 11.4. The number of fused-ring (bicyclic) bond motifs is 1. The van der Waals surface area contributed by atoms with Crippen molar-refractivity contribution in [3.63, 3.8) is 0 Å². The summed E-state index contributed by atoms with van der Waals surface area (Å²) >= 11 is 0. The van der Waals surface area contributed by atoms with Gasteiger partial charge in [0.05, 0.1) is 5.69 Å². The summed E-state index contributed by atoms with van der Waals surface area (Å²) in [5.41, 5.74) is 7.94. The quantitative estimate of drug-likeness (QED) is 0.490. The van der Waals surface area contributed by atoms with Crippen molar-refractivity contribution in [2.24, 2.45) is 0 Å². The first kappa shape index (κ1) is 19.8. The fraction of sp³-hybridized carbons (Fsp3) is 0.308. The molecule has 3 heterocycles. The molecule has 31 heavy (non-hydrogen) atoms. The molecule has 0 atom stereocenters. The van der Waals surface area contributed by atoms with Gasteiger partial charge in [-0.25, -0.2) is 4.98 Å². The maximum atomic E-state index is 4.91. The van der Waals surface area contributed by atoms with Gasteiger partial charge in [-0.05, 0) is 31.9 Å². The molecule has 1 aliphatic rings. The molecular formula is C26H29N5. The topological polar surface area (TPSA) is 36.7 Å². The Morgan fingerprint density at radius 1 is 0.839 bits per heavy atom. The van der Waals surface area contributed by atoms with Crippen LogP contribution in [0.15, 0.2) is 60.7 Å². The van der Waals surface area contributed by atoms with Gasteiger partial charge in [-0.1, -0.05) is 60.2 Å². The zero-order chi connectivity index (χ0) is 21.4. The first-order valence-corrected chi connectivity index (χ1v) is 11.0. The molecule has 1 aliphatic heterocycles. The van der Waals surface area contributed by atoms with E-state index in [1.165, 1.54) is 16.7 Å². The van der Waals surface area contributed by atoms with Gasteiger partial charge in [-0.15, -0.1) is 0 Å². The van der Waals surface area contributed by atoms with E-state index < -0.39 is 0 Å². The van der Waals surface area contributed by atoms with E-state index >= 15 is 0 Å². The minimum atomic E-state index is 0.947. The number of aryl methyl sites for hydroxylation is 3. The predicted octanol–water partition coefficient (Wildman–Crippen LogP) is 4.64. The van der Waals surface area contributed by atoms with Gasteiger partial charge >= 0.3 is 0 Å². The third kappa shape index (κ3) is 3.93. The molecule has 2 aromatic heterocycles. The lowest BCUT2D eigenvalue weighted by molar-refractivity contribution is 0.249. The van der Waals surface area contributed by atoms with Crippen LogP contribution in [0.4, 0.5) is 5.82 Å². The molecule has 0 saturated carbocycles. The van der Waals surface area contributed by atoms with Gasteiger partial charge in [-0.2, -0.15) is 9.61 Å². The minimum absolute atomic E-state index is 0.947. The average molecular weight is 412 g/mol. The van der Waals surface area contributed by atoms with Crippen LogP contribution >= 0.6 is 0 Å². The van der Waals surface area contributed by atoms with E-state index in [-0.39, 0.29) is 0 Å². The molecule has 158 valence electrons. The Hall–Kier alpha value is -3.18. The first-order chi connectivity index (χ1) is 15.1. The molecule has 0 aliphatic carbocycles. The standard InChI is InChI=1S/C26H29N5/c1-19-9-11-23(12-10-19)25-21(3)28-31-24(17-20(2)27-26(25)31)30-15-13-29(14-16-30)18-22-7-5-4-6-8-22/h4-12,17H,13-16,18H2,1-3H3. The van der Waals surface area contributed by atoms with E-state index in [4.69, 9.17) is 10.1 Å².